The lowest BCUT2D eigenvalue weighted by Crippen LogP contribution is -2.46. The van der Waals surface area contributed by atoms with E-state index in [1.54, 1.807) is 37.3 Å². The van der Waals surface area contributed by atoms with E-state index in [4.69, 9.17) is 13.9 Å². The molecule has 2 amide bonds. The zero-order valence-corrected chi connectivity index (χ0v) is 15.7. The van der Waals surface area contributed by atoms with Gasteiger partial charge in [0.1, 0.15) is 17.5 Å². The Morgan fingerprint density at radius 3 is 2.74 bits per heavy atom. The Hall–Kier alpha value is -2.96. The van der Waals surface area contributed by atoms with E-state index in [0.29, 0.717) is 24.5 Å². The van der Waals surface area contributed by atoms with Crippen LogP contribution in [-0.2, 0) is 4.79 Å². The Balaban J connectivity index is 1.71. The smallest absolute Gasteiger partial charge is 0.290 e. The van der Waals surface area contributed by atoms with E-state index in [0.717, 1.165) is 12.0 Å². The van der Waals surface area contributed by atoms with Crippen molar-refractivity contribution in [3.05, 3.63) is 47.9 Å². The minimum Gasteiger partial charge on any atom is -0.497 e. The van der Waals surface area contributed by atoms with Crippen LogP contribution in [0.15, 0.2) is 41.0 Å². The molecule has 0 aliphatic carbocycles. The lowest BCUT2D eigenvalue weighted by atomic mass is 10.1. The molecule has 7 nitrogen and oxygen atoms in total. The summed E-state index contributed by atoms with van der Waals surface area (Å²) in [4.78, 5) is 27.0. The Kier molecular flexibility index (Phi) is 5.69. The van der Waals surface area contributed by atoms with Gasteiger partial charge in [0.15, 0.2) is 5.76 Å². The molecule has 3 rings (SSSR count). The Morgan fingerprint density at radius 2 is 2.07 bits per heavy atom. The summed E-state index contributed by atoms with van der Waals surface area (Å²) < 4.78 is 15.8. The molecule has 1 aliphatic heterocycles. The molecule has 2 aromatic rings. The van der Waals surface area contributed by atoms with Crippen LogP contribution in [0.5, 0.6) is 11.5 Å². The predicted molar refractivity (Wildman–Crippen MR) is 98.9 cm³/mol. The van der Waals surface area contributed by atoms with Crippen LogP contribution in [0, 0.1) is 0 Å². The molecule has 1 aliphatic rings. The minimum atomic E-state index is -0.505. The van der Waals surface area contributed by atoms with E-state index in [2.05, 4.69) is 5.32 Å². The third-order valence-corrected chi connectivity index (χ3v) is 4.81. The molecule has 1 aromatic heterocycles. The van der Waals surface area contributed by atoms with Gasteiger partial charge in [-0.25, -0.2) is 0 Å². The van der Waals surface area contributed by atoms with Crippen LogP contribution in [0.2, 0.25) is 0 Å². The molecule has 1 fully saturated rings. The van der Waals surface area contributed by atoms with Crippen molar-refractivity contribution in [3.8, 4) is 11.5 Å². The maximum Gasteiger partial charge on any atom is 0.290 e. The average molecular weight is 372 g/mol. The molecule has 144 valence electrons. The highest BCUT2D eigenvalue weighted by Gasteiger charge is 2.36. The molecular formula is C20H24N2O5. The summed E-state index contributed by atoms with van der Waals surface area (Å²) in [6.45, 7) is 2.42. The average Bonchev–Trinajstić information content (AvgIpc) is 3.38. The normalized spacial score (nSPS) is 17.4. The second kappa shape index (κ2) is 8.16. The summed E-state index contributed by atoms with van der Waals surface area (Å²) in [7, 11) is 3.16. The Labute approximate surface area is 158 Å². The third-order valence-electron chi connectivity index (χ3n) is 4.81. The molecule has 0 bridgehead atoms. The highest BCUT2D eigenvalue weighted by Crippen LogP contribution is 2.30. The van der Waals surface area contributed by atoms with Crippen molar-refractivity contribution in [2.45, 2.75) is 31.8 Å². The van der Waals surface area contributed by atoms with Crippen molar-refractivity contribution < 1.29 is 23.5 Å². The Morgan fingerprint density at radius 1 is 1.26 bits per heavy atom. The fraction of sp³-hybridized carbons (Fsp3) is 0.400. The first kappa shape index (κ1) is 18.8. The zero-order chi connectivity index (χ0) is 19.4. The van der Waals surface area contributed by atoms with Gasteiger partial charge in [0.25, 0.3) is 5.91 Å². The number of methoxy groups -OCH3 is 2. The Bertz CT molecular complexity index is 803. The lowest BCUT2D eigenvalue weighted by Gasteiger charge is -2.25. The number of ether oxygens (including phenoxy) is 2. The van der Waals surface area contributed by atoms with E-state index < -0.39 is 6.04 Å². The minimum absolute atomic E-state index is 0.183. The lowest BCUT2D eigenvalue weighted by molar-refractivity contribution is -0.125. The van der Waals surface area contributed by atoms with Crippen LogP contribution < -0.4 is 14.8 Å². The molecule has 1 N–H and O–H groups in total. The fourth-order valence-electron chi connectivity index (χ4n) is 3.39. The van der Waals surface area contributed by atoms with Gasteiger partial charge < -0.3 is 24.1 Å². The first-order chi connectivity index (χ1) is 13.0. The van der Waals surface area contributed by atoms with Crippen molar-refractivity contribution in [1.29, 1.82) is 0 Å². The maximum atomic E-state index is 12.8. The molecule has 2 unspecified atom stereocenters. The number of furan rings is 1. The van der Waals surface area contributed by atoms with Crippen LogP contribution in [0.3, 0.4) is 0 Å². The van der Waals surface area contributed by atoms with Crippen molar-refractivity contribution in [2.24, 2.45) is 0 Å². The number of rotatable bonds is 6. The fourth-order valence-corrected chi connectivity index (χ4v) is 3.39. The number of likely N-dealkylation sites (tertiary alicyclic amines) is 1. The van der Waals surface area contributed by atoms with Gasteiger partial charge in [-0.15, -0.1) is 0 Å². The molecule has 0 spiro atoms. The van der Waals surface area contributed by atoms with Gasteiger partial charge in [0.2, 0.25) is 5.91 Å². The van der Waals surface area contributed by atoms with Crippen molar-refractivity contribution >= 4 is 11.8 Å². The zero-order valence-electron chi connectivity index (χ0n) is 15.7. The molecule has 27 heavy (non-hydrogen) atoms. The molecule has 1 saturated heterocycles. The van der Waals surface area contributed by atoms with Crippen LogP contribution in [0.1, 0.15) is 41.9 Å². The summed E-state index contributed by atoms with van der Waals surface area (Å²) in [5.41, 5.74) is 0.841. The number of benzene rings is 1. The summed E-state index contributed by atoms with van der Waals surface area (Å²) >= 11 is 0. The maximum absolute atomic E-state index is 12.8. The molecular weight excluding hydrogens is 348 g/mol. The number of nitrogens with one attached hydrogen (secondary N) is 1. The number of nitrogens with zero attached hydrogens (tertiary/aromatic N) is 1. The summed E-state index contributed by atoms with van der Waals surface area (Å²) in [6.07, 6.45) is 2.87. The number of carbonyl (C=O) groups excluding carboxylic acids is 2. The van der Waals surface area contributed by atoms with Gasteiger partial charge in [-0.2, -0.15) is 0 Å². The quantitative estimate of drug-likeness (QED) is 0.843. The summed E-state index contributed by atoms with van der Waals surface area (Å²) in [6, 6.07) is 7.96. The van der Waals surface area contributed by atoms with Gasteiger partial charge in [-0.3, -0.25) is 9.59 Å². The van der Waals surface area contributed by atoms with Gasteiger partial charge >= 0.3 is 0 Å². The molecule has 1 aromatic carbocycles. The van der Waals surface area contributed by atoms with Gasteiger partial charge in [0, 0.05) is 18.2 Å². The van der Waals surface area contributed by atoms with Crippen LogP contribution in [0.25, 0.3) is 0 Å². The van der Waals surface area contributed by atoms with E-state index >= 15 is 0 Å². The summed E-state index contributed by atoms with van der Waals surface area (Å²) in [5.74, 6) is 1.13. The second-order valence-corrected chi connectivity index (χ2v) is 6.47. The first-order valence-electron chi connectivity index (χ1n) is 8.92. The molecule has 0 saturated carbocycles. The molecule has 7 heteroatoms. The standard InChI is InChI=1S/C20H24N2O5/c1-13(15-9-8-14(25-2)12-18(15)26-3)21-19(23)16-6-4-10-22(16)20(24)17-7-5-11-27-17/h5,7-9,11-13,16H,4,6,10H2,1-3H3,(H,21,23). The second-order valence-electron chi connectivity index (χ2n) is 6.47. The topological polar surface area (TPSA) is 81.0 Å². The van der Waals surface area contributed by atoms with Crippen molar-refractivity contribution in [3.63, 3.8) is 0 Å². The highest BCUT2D eigenvalue weighted by molar-refractivity contribution is 5.96. The van der Waals surface area contributed by atoms with Crippen molar-refractivity contribution in [1.82, 2.24) is 10.2 Å². The van der Waals surface area contributed by atoms with Crippen LogP contribution in [0.4, 0.5) is 0 Å². The third kappa shape index (κ3) is 3.92. The van der Waals surface area contributed by atoms with Gasteiger partial charge in [0.05, 0.1) is 26.5 Å². The molecule has 0 radical (unpaired) electrons. The van der Waals surface area contributed by atoms with Gasteiger partial charge in [-0.1, -0.05) is 0 Å². The van der Waals surface area contributed by atoms with E-state index in [1.165, 1.54) is 6.26 Å². The highest BCUT2D eigenvalue weighted by atomic mass is 16.5. The van der Waals surface area contributed by atoms with Crippen molar-refractivity contribution in [2.75, 3.05) is 20.8 Å². The largest absolute Gasteiger partial charge is 0.497 e. The van der Waals surface area contributed by atoms with E-state index in [9.17, 15) is 9.59 Å². The molecule has 2 heterocycles. The monoisotopic (exact) mass is 372 g/mol. The number of amides is 2. The van der Waals surface area contributed by atoms with Crippen LogP contribution in [-0.4, -0.2) is 43.5 Å². The van der Waals surface area contributed by atoms with E-state index in [1.807, 2.05) is 19.1 Å². The number of hydrogen-bond donors (Lipinski definition) is 1. The predicted octanol–water partition coefficient (Wildman–Crippen LogP) is 2.78. The SMILES string of the molecule is COc1ccc(C(C)NC(=O)C2CCCN2C(=O)c2ccco2)c(OC)c1. The van der Waals surface area contributed by atoms with Gasteiger partial charge in [-0.05, 0) is 44.0 Å². The van der Waals surface area contributed by atoms with E-state index in [-0.39, 0.29) is 23.6 Å². The summed E-state index contributed by atoms with van der Waals surface area (Å²) in [5, 5.41) is 3.00. The first-order valence-corrected chi connectivity index (χ1v) is 8.92. The number of carbonyl (C=O) groups is 2. The van der Waals surface area contributed by atoms with Crippen LogP contribution >= 0.6 is 0 Å². The molecule has 2 atom stereocenters. The number of hydrogen-bond acceptors (Lipinski definition) is 5.